The first-order chi connectivity index (χ1) is 16.4. The monoisotopic (exact) mass is 457 g/mol. The van der Waals surface area contributed by atoms with Crippen molar-refractivity contribution in [3.05, 3.63) is 89.1 Å². The molecule has 0 spiro atoms. The summed E-state index contributed by atoms with van der Waals surface area (Å²) in [6.07, 6.45) is 18.7. The first-order valence-corrected chi connectivity index (χ1v) is 13.1. The van der Waals surface area contributed by atoms with Gasteiger partial charge in [-0.3, -0.25) is 0 Å². The summed E-state index contributed by atoms with van der Waals surface area (Å²) < 4.78 is 0. The zero-order chi connectivity index (χ0) is 25.3. The highest BCUT2D eigenvalue weighted by atomic mass is 14.9. The van der Waals surface area contributed by atoms with Gasteiger partial charge in [0.15, 0.2) is 0 Å². The lowest BCUT2D eigenvalue weighted by Crippen LogP contribution is -2.16. The fraction of sp³-hybridized carbons (Fsp3) is 0.455. The highest BCUT2D eigenvalue weighted by Crippen LogP contribution is 2.27. The Balaban J connectivity index is 0.000000437. The fourth-order valence-corrected chi connectivity index (χ4v) is 4.23. The molecule has 0 aliphatic heterocycles. The molecule has 1 nitrogen and oxygen atoms in total. The van der Waals surface area contributed by atoms with Crippen molar-refractivity contribution in [1.82, 2.24) is 5.32 Å². The van der Waals surface area contributed by atoms with E-state index in [1.165, 1.54) is 53.5 Å². The normalized spacial score (nSPS) is 17.9. The van der Waals surface area contributed by atoms with Crippen LogP contribution in [-0.2, 0) is 12.8 Å². The van der Waals surface area contributed by atoms with Crippen LogP contribution in [0.1, 0.15) is 81.2 Å². The average molecular weight is 458 g/mol. The maximum absolute atomic E-state index is 5.30. The van der Waals surface area contributed by atoms with Gasteiger partial charge in [-0.05, 0) is 99.2 Å². The van der Waals surface area contributed by atoms with Gasteiger partial charge in [-0.15, -0.1) is 12.3 Å². The van der Waals surface area contributed by atoms with Crippen molar-refractivity contribution in [1.29, 1.82) is 0 Å². The minimum atomic E-state index is 0.302. The molecule has 2 aromatic carbocycles. The second-order valence-corrected chi connectivity index (χ2v) is 9.25. The fourth-order valence-electron chi connectivity index (χ4n) is 4.23. The lowest BCUT2D eigenvalue weighted by Gasteiger charge is -2.21. The number of benzene rings is 2. The molecule has 184 valence electrons. The van der Waals surface area contributed by atoms with Crippen molar-refractivity contribution in [2.75, 3.05) is 0 Å². The summed E-state index contributed by atoms with van der Waals surface area (Å²) in [5.74, 6) is 4.35. The van der Waals surface area contributed by atoms with E-state index in [4.69, 9.17) is 6.42 Å². The highest BCUT2D eigenvalue weighted by molar-refractivity contribution is 5.50. The van der Waals surface area contributed by atoms with Gasteiger partial charge < -0.3 is 5.32 Å². The van der Waals surface area contributed by atoms with Crippen LogP contribution < -0.4 is 5.32 Å². The van der Waals surface area contributed by atoms with Crippen LogP contribution in [0.25, 0.3) is 6.08 Å². The summed E-state index contributed by atoms with van der Waals surface area (Å²) in [4.78, 5) is 0. The summed E-state index contributed by atoms with van der Waals surface area (Å²) in [7, 11) is 0. The third kappa shape index (κ3) is 10.9. The molecule has 1 fully saturated rings. The largest absolute Gasteiger partial charge is 0.385 e. The number of rotatable bonds is 7. The Labute approximate surface area is 210 Å². The van der Waals surface area contributed by atoms with Crippen LogP contribution in [0.3, 0.4) is 0 Å². The number of hydrogen-bond donors (Lipinski definition) is 1. The quantitative estimate of drug-likeness (QED) is 0.410. The van der Waals surface area contributed by atoms with E-state index in [9.17, 15) is 0 Å². The van der Waals surface area contributed by atoms with E-state index in [0.29, 0.717) is 12.0 Å². The van der Waals surface area contributed by atoms with E-state index in [1.807, 2.05) is 13.8 Å². The third-order valence-corrected chi connectivity index (χ3v) is 6.50. The molecular formula is C33H47N. The lowest BCUT2D eigenvalue weighted by atomic mass is 9.84. The van der Waals surface area contributed by atoms with Crippen LogP contribution in [0.15, 0.2) is 61.3 Å². The second-order valence-electron chi connectivity index (χ2n) is 9.25. The minimum absolute atomic E-state index is 0.302. The van der Waals surface area contributed by atoms with Gasteiger partial charge in [0.2, 0.25) is 0 Å². The number of aryl methyl sites for hydroxylation is 3. The maximum atomic E-state index is 5.30. The van der Waals surface area contributed by atoms with Gasteiger partial charge in [0, 0.05) is 12.0 Å². The molecule has 34 heavy (non-hydrogen) atoms. The molecule has 1 heteroatoms. The molecule has 0 aromatic heterocycles. The summed E-state index contributed by atoms with van der Waals surface area (Å²) in [5.41, 5.74) is 6.91. The Hall–Kier alpha value is -2.72. The molecule has 1 aliphatic rings. The van der Waals surface area contributed by atoms with Gasteiger partial charge in [-0.25, -0.2) is 0 Å². The van der Waals surface area contributed by atoms with Crippen LogP contribution in [0, 0.1) is 38.0 Å². The SMILES string of the molecule is C#CC1CCC(C)CC1.C=CNC(C)/C=C\c1ccc(CCc2c(C)cccc2C)cc1.CC. The molecule has 0 radical (unpaired) electrons. The van der Waals surface area contributed by atoms with Gasteiger partial charge in [-0.2, -0.15) is 0 Å². The Morgan fingerprint density at radius 2 is 1.59 bits per heavy atom. The predicted octanol–water partition coefficient (Wildman–Crippen LogP) is 8.70. The van der Waals surface area contributed by atoms with E-state index in [2.05, 4.69) is 100 Å². The van der Waals surface area contributed by atoms with E-state index in [0.717, 1.165) is 18.8 Å². The van der Waals surface area contributed by atoms with Crippen molar-refractivity contribution in [2.45, 2.75) is 86.1 Å². The van der Waals surface area contributed by atoms with Gasteiger partial charge in [0.1, 0.15) is 0 Å². The second kappa shape index (κ2) is 16.8. The number of terminal acetylenes is 1. The molecule has 0 heterocycles. The van der Waals surface area contributed by atoms with Crippen molar-refractivity contribution >= 4 is 6.08 Å². The molecule has 1 atom stereocenters. The van der Waals surface area contributed by atoms with Gasteiger partial charge in [-0.1, -0.05) is 82.0 Å². The van der Waals surface area contributed by atoms with Gasteiger partial charge in [0.05, 0.1) is 0 Å². The summed E-state index contributed by atoms with van der Waals surface area (Å²) in [6.45, 7) is 16.5. The third-order valence-electron chi connectivity index (χ3n) is 6.50. The standard InChI is InChI=1S/C22H27N.C9H14.C2H6/c1-5-23-19(4)9-10-20-11-13-21(14-12-20)15-16-22-17(2)7-6-8-18(22)3;1-3-9-6-4-8(2)5-7-9;1-2/h5-14,19,23H,1,15-16H2,2-4H3;1,8-9H,4-7H2,2H3;1-2H3/b10-9-;;. The van der Waals surface area contributed by atoms with Crippen LogP contribution in [-0.4, -0.2) is 6.04 Å². The Bertz CT molecular complexity index is 869. The summed E-state index contributed by atoms with van der Waals surface area (Å²) >= 11 is 0. The van der Waals surface area contributed by atoms with Crippen LogP contribution >= 0.6 is 0 Å². The topological polar surface area (TPSA) is 12.0 Å². The van der Waals surface area contributed by atoms with Gasteiger partial charge >= 0.3 is 0 Å². The zero-order valence-electron chi connectivity index (χ0n) is 22.5. The van der Waals surface area contributed by atoms with Crippen LogP contribution in [0.4, 0.5) is 0 Å². The summed E-state index contributed by atoms with van der Waals surface area (Å²) in [5, 5.41) is 3.15. The van der Waals surface area contributed by atoms with Crippen molar-refractivity contribution in [3.63, 3.8) is 0 Å². The Kier molecular flexibility index (Phi) is 14.5. The predicted molar refractivity (Wildman–Crippen MR) is 153 cm³/mol. The molecule has 2 aromatic rings. The zero-order valence-corrected chi connectivity index (χ0v) is 22.5. The molecular weight excluding hydrogens is 410 g/mol. The van der Waals surface area contributed by atoms with Crippen LogP contribution in [0.2, 0.25) is 0 Å². The molecule has 1 saturated carbocycles. The number of hydrogen-bond acceptors (Lipinski definition) is 1. The first kappa shape index (κ1) is 29.3. The first-order valence-electron chi connectivity index (χ1n) is 13.1. The van der Waals surface area contributed by atoms with E-state index >= 15 is 0 Å². The van der Waals surface area contributed by atoms with Crippen molar-refractivity contribution in [3.8, 4) is 12.3 Å². The minimum Gasteiger partial charge on any atom is -0.385 e. The molecule has 1 unspecified atom stereocenters. The average Bonchev–Trinajstić information content (AvgIpc) is 2.85. The highest BCUT2D eigenvalue weighted by Gasteiger charge is 2.15. The lowest BCUT2D eigenvalue weighted by molar-refractivity contribution is 0.338. The smallest absolute Gasteiger partial charge is 0.0413 e. The van der Waals surface area contributed by atoms with E-state index in [-0.39, 0.29) is 0 Å². The molecule has 1 N–H and O–H groups in total. The van der Waals surface area contributed by atoms with Crippen molar-refractivity contribution < 1.29 is 0 Å². The Morgan fingerprint density at radius 3 is 2.12 bits per heavy atom. The summed E-state index contributed by atoms with van der Waals surface area (Å²) in [6, 6.07) is 15.7. The van der Waals surface area contributed by atoms with Crippen molar-refractivity contribution in [2.24, 2.45) is 11.8 Å². The maximum Gasteiger partial charge on any atom is 0.0413 e. The molecule has 1 aliphatic carbocycles. The van der Waals surface area contributed by atoms with Gasteiger partial charge in [0.25, 0.3) is 0 Å². The number of nitrogens with one attached hydrogen (secondary N) is 1. The van der Waals surface area contributed by atoms with Crippen LogP contribution in [0.5, 0.6) is 0 Å². The van der Waals surface area contributed by atoms with E-state index < -0.39 is 0 Å². The molecule has 0 bridgehead atoms. The Morgan fingerprint density at radius 1 is 1.00 bits per heavy atom. The molecule has 3 rings (SSSR count). The molecule has 0 amide bonds. The van der Waals surface area contributed by atoms with E-state index in [1.54, 1.807) is 6.20 Å². The molecule has 0 saturated heterocycles.